The first-order chi connectivity index (χ1) is 29.7. The second-order valence-electron chi connectivity index (χ2n) is 15.3. The van der Waals surface area contributed by atoms with E-state index in [-0.39, 0.29) is 0 Å². The zero-order valence-corrected chi connectivity index (χ0v) is 32.9. The van der Waals surface area contributed by atoms with Crippen LogP contribution >= 0.6 is 0 Å². The Morgan fingerprint density at radius 1 is 0.300 bits per heavy atom. The van der Waals surface area contributed by atoms with Gasteiger partial charge in [0.1, 0.15) is 11.2 Å². The number of furan rings is 1. The predicted octanol–water partition coefficient (Wildman–Crippen LogP) is 16.5. The first kappa shape index (κ1) is 35.2. The van der Waals surface area contributed by atoms with Crippen molar-refractivity contribution in [2.45, 2.75) is 0 Å². The lowest BCUT2D eigenvalue weighted by molar-refractivity contribution is 0.670. The monoisotopic (exact) mass is 765 g/mol. The number of anilines is 3. The highest BCUT2D eigenvalue weighted by molar-refractivity contribution is 6.17. The van der Waals surface area contributed by atoms with Crippen LogP contribution < -0.4 is 4.90 Å². The van der Waals surface area contributed by atoms with Crippen molar-refractivity contribution >= 4 is 49.8 Å². The van der Waals surface area contributed by atoms with Crippen molar-refractivity contribution in [3.8, 4) is 55.6 Å². The lowest BCUT2D eigenvalue weighted by Gasteiger charge is -2.29. The molecular weight excluding hydrogens is 727 g/mol. The third kappa shape index (κ3) is 6.41. The van der Waals surface area contributed by atoms with Crippen molar-refractivity contribution in [2.75, 3.05) is 4.90 Å². The van der Waals surface area contributed by atoms with Gasteiger partial charge in [-0.15, -0.1) is 0 Å². The van der Waals surface area contributed by atoms with Gasteiger partial charge >= 0.3 is 0 Å². The van der Waals surface area contributed by atoms with E-state index in [0.29, 0.717) is 0 Å². The zero-order valence-electron chi connectivity index (χ0n) is 32.9. The number of rotatable bonds is 8. The van der Waals surface area contributed by atoms with Crippen LogP contribution in [0.5, 0.6) is 0 Å². The van der Waals surface area contributed by atoms with Crippen LogP contribution in [0.25, 0.3) is 88.3 Å². The molecule has 282 valence electrons. The predicted molar refractivity (Wildman–Crippen MR) is 253 cm³/mol. The summed E-state index contributed by atoms with van der Waals surface area (Å²) in [5.74, 6) is 0. The SMILES string of the molecule is c1ccc(-c2ccc(-c3ccc(N(c4ccc(-c5ccccc5)cc4-c4ccccc4)c4ccc(-c5ccc6ccccc6c5)c5oc6ccccc6c45)cc3)cc2)cc1. The molecule has 0 aliphatic carbocycles. The summed E-state index contributed by atoms with van der Waals surface area (Å²) in [6, 6.07) is 84.8. The molecule has 0 saturated heterocycles. The van der Waals surface area contributed by atoms with Crippen molar-refractivity contribution in [1.82, 2.24) is 0 Å². The van der Waals surface area contributed by atoms with Crippen molar-refractivity contribution in [3.63, 3.8) is 0 Å². The van der Waals surface area contributed by atoms with E-state index in [1.54, 1.807) is 0 Å². The quantitative estimate of drug-likeness (QED) is 0.153. The fraction of sp³-hybridized carbons (Fsp3) is 0. The fourth-order valence-electron chi connectivity index (χ4n) is 8.67. The molecule has 0 unspecified atom stereocenters. The molecule has 11 rings (SSSR count). The molecule has 2 nitrogen and oxygen atoms in total. The van der Waals surface area contributed by atoms with Crippen LogP contribution in [0.1, 0.15) is 0 Å². The van der Waals surface area contributed by atoms with Crippen LogP contribution in [0.3, 0.4) is 0 Å². The minimum absolute atomic E-state index is 0.860. The van der Waals surface area contributed by atoms with E-state index in [1.165, 1.54) is 33.0 Å². The van der Waals surface area contributed by atoms with Gasteiger partial charge in [0.25, 0.3) is 0 Å². The van der Waals surface area contributed by atoms with Crippen LogP contribution in [-0.4, -0.2) is 0 Å². The van der Waals surface area contributed by atoms with Crippen LogP contribution in [0, 0.1) is 0 Å². The van der Waals surface area contributed by atoms with Crippen LogP contribution in [-0.2, 0) is 0 Å². The van der Waals surface area contributed by atoms with E-state index in [9.17, 15) is 0 Å². The molecule has 0 saturated carbocycles. The van der Waals surface area contributed by atoms with Gasteiger partial charge in [0, 0.05) is 22.2 Å². The number of hydrogen-bond donors (Lipinski definition) is 0. The summed E-state index contributed by atoms with van der Waals surface area (Å²) in [4.78, 5) is 2.42. The Labute approximate surface area is 349 Å². The average molecular weight is 766 g/mol. The highest BCUT2D eigenvalue weighted by atomic mass is 16.3. The maximum absolute atomic E-state index is 6.90. The van der Waals surface area contributed by atoms with Gasteiger partial charge < -0.3 is 9.32 Å². The molecule has 60 heavy (non-hydrogen) atoms. The summed E-state index contributed by atoms with van der Waals surface area (Å²) < 4.78 is 6.90. The molecule has 2 heteroatoms. The topological polar surface area (TPSA) is 16.4 Å². The standard InChI is InChI=1S/C58H39NO/c1-4-14-40(15-5-1)43-24-26-44(27-25-43)45-30-33-50(34-31-45)59(54-36-32-48(41-16-6-2-7-17-41)39-53(54)46-19-8-3-9-20-46)55-37-35-51(49-29-28-42-18-10-11-21-47(42)38-49)58-57(55)52-22-12-13-23-56(52)60-58/h1-39H. The van der Waals surface area contributed by atoms with Crippen LogP contribution in [0.4, 0.5) is 17.1 Å². The second-order valence-corrected chi connectivity index (χ2v) is 15.3. The van der Waals surface area contributed by atoms with E-state index >= 15 is 0 Å². The largest absolute Gasteiger partial charge is 0.455 e. The van der Waals surface area contributed by atoms with Gasteiger partial charge in [0.05, 0.1) is 16.8 Å². The lowest BCUT2D eigenvalue weighted by Crippen LogP contribution is -2.12. The van der Waals surface area contributed by atoms with Gasteiger partial charge in [-0.1, -0.05) is 188 Å². The van der Waals surface area contributed by atoms with E-state index in [0.717, 1.165) is 72.4 Å². The molecule has 1 heterocycles. The van der Waals surface area contributed by atoms with E-state index in [1.807, 2.05) is 0 Å². The highest BCUT2D eigenvalue weighted by Crippen LogP contribution is 2.49. The van der Waals surface area contributed by atoms with Crippen molar-refractivity contribution in [3.05, 3.63) is 237 Å². The third-order valence-electron chi connectivity index (χ3n) is 11.7. The van der Waals surface area contributed by atoms with Crippen molar-refractivity contribution in [2.24, 2.45) is 0 Å². The molecule has 11 aromatic rings. The molecule has 0 radical (unpaired) electrons. The van der Waals surface area contributed by atoms with Gasteiger partial charge in [0.2, 0.25) is 0 Å². The minimum Gasteiger partial charge on any atom is -0.455 e. The molecule has 0 spiro atoms. The number of benzene rings is 10. The molecule has 10 aromatic carbocycles. The molecule has 1 aromatic heterocycles. The Morgan fingerprint density at radius 2 is 0.800 bits per heavy atom. The number of nitrogens with zero attached hydrogens (tertiary/aromatic N) is 1. The molecule has 0 bridgehead atoms. The third-order valence-corrected chi connectivity index (χ3v) is 11.7. The number of para-hydroxylation sites is 1. The van der Waals surface area contributed by atoms with Crippen LogP contribution in [0.15, 0.2) is 241 Å². The lowest BCUT2D eigenvalue weighted by atomic mass is 9.94. The van der Waals surface area contributed by atoms with Gasteiger partial charge in [-0.3, -0.25) is 0 Å². The van der Waals surface area contributed by atoms with E-state index < -0.39 is 0 Å². The molecule has 0 N–H and O–H groups in total. The number of fused-ring (bicyclic) bond motifs is 4. The molecule has 0 fully saturated rings. The van der Waals surface area contributed by atoms with Crippen molar-refractivity contribution in [1.29, 1.82) is 0 Å². The van der Waals surface area contributed by atoms with Gasteiger partial charge in [-0.25, -0.2) is 0 Å². The Hall–Kier alpha value is -7.94. The van der Waals surface area contributed by atoms with E-state index in [4.69, 9.17) is 4.42 Å². The smallest absolute Gasteiger partial charge is 0.145 e. The summed E-state index contributed by atoms with van der Waals surface area (Å²) in [7, 11) is 0. The average Bonchev–Trinajstić information content (AvgIpc) is 3.73. The summed E-state index contributed by atoms with van der Waals surface area (Å²) >= 11 is 0. The molecular formula is C58H39NO. The summed E-state index contributed by atoms with van der Waals surface area (Å²) in [6.45, 7) is 0. The Kier molecular flexibility index (Phi) is 8.87. The highest BCUT2D eigenvalue weighted by Gasteiger charge is 2.24. The van der Waals surface area contributed by atoms with Crippen LogP contribution in [0.2, 0.25) is 0 Å². The first-order valence-corrected chi connectivity index (χ1v) is 20.5. The maximum Gasteiger partial charge on any atom is 0.145 e. The summed E-state index contributed by atoms with van der Waals surface area (Å²) in [6.07, 6.45) is 0. The van der Waals surface area contributed by atoms with Gasteiger partial charge in [-0.2, -0.15) is 0 Å². The summed E-state index contributed by atoms with van der Waals surface area (Å²) in [5.41, 5.74) is 16.5. The van der Waals surface area contributed by atoms with Crippen molar-refractivity contribution < 1.29 is 4.42 Å². The normalized spacial score (nSPS) is 11.3. The van der Waals surface area contributed by atoms with Gasteiger partial charge in [0.15, 0.2) is 0 Å². The summed E-state index contributed by atoms with van der Waals surface area (Å²) in [5, 5.41) is 4.56. The van der Waals surface area contributed by atoms with E-state index in [2.05, 4.69) is 241 Å². The molecule has 0 amide bonds. The molecule has 0 aliphatic heterocycles. The number of hydrogen-bond acceptors (Lipinski definition) is 2. The Balaban J connectivity index is 1.13. The minimum atomic E-state index is 0.860. The first-order valence-electron chi connectivity index (χ1n) is 20.5. The molecule has 0 aliphatic rings. The Bertz CT molecular complexity index is 3280. The maximum atomic E-state index is 6.90. The fourth-order valence-corrected chi connectivity index (χ4v) is 8.67. The Morgan fingerprint density at radius 3 is 1.48 bits per heavy atom. The van der Waals surface area contributed by atoms with Gasteiger partial charge in [-0.05, 0) is 104 Å². The second kappa shape index (κ2) is 15.1. The zero-order chi connectivity index (χ0) is 39.8. The molecule has 0 atom stereocenters.